The summed E-state index contributed by atoms with van der Waals surface area (Å²) in [5, 5.41) is 5.71. The Morgan fingerprint density at radius 2 is 2.12 bits per heavy atom. The molecular weight excluding hydrogens is 336 g/mol. The van der Waals surface area contributed by atoms with Gasteiger partial charge in [-0.1, -0.05) is 18.2 Å². The van der Waals surface area contributed by atoms with Crippen LogP contribution in [0.25, 0.3) is 0 Å². The topological polar surface area (TPSA) is 67.4 Å². The Kier molecular flexibility index (Phi) is 5.60. The molecule has 0 saturated carbocycles. The number of nitrogens with one attached hydrogen (secondary N) is 2. The maximum atomic E-state index is 12.2. The van der Waals surface area contributed by atoms with Crippen molar-refractivity contribution in [3.63, 3.8) is 0 Å². The Labute approximate surface area is 151 Å². The second kappa shape index (κ2) is 8.07. The molecule has 2 amide bonds. The van der Waals surface area contributed by atoms with Gasteiger partial charge in [-0.3, -0.25) is 9.59 Å². The zero-order valence-corrected chi connectivity index (χ0v) is 14.8. The van der Waals surface area contributed by atoms with Crippen LogP contribution in [0, 0.1) is 0 Å². The van der Waals surface area contributed by atoms with E-state index in [1.54, 1.807) is 6.07 Å². The first-order valence-electron chi connectivity index (χ1n) is 8.23. The molecule has 1 aliphatic rings. The maximum Gasteiger partial charge on any atom is 0.234 e. The average Bonchev–Trinajstić information content (AvgIpc) is 2.61. The summed E-state index contributed by atoms with van der Waals surface area (Å²) in [7, 11) is 0. The van der Waals surface area contributed by atoms with Crippen molar-refractivity contribution < 1.29 is 14.3 Å². The molecule has 0 aromatic heterocycles. The lowest BCUT2D eigenvalue weighted by molar-refractivity contribution is -0.116. The van der Waals surface area contributed by atoms with Gasteiger partial charge >= 0.3 is 0 Å². The molecule has 2 N–H and O–H groups in total. The fourth-order valence-electron chi connectivity index (χ4n) is 2.64. The Hall–Kier alpha value is -2.47. The minimum absolute atomic E-state index is 0.0199. The van der Waals surface area contributed by atoms with Crippen molar-refractivity contribution in [2.75, 3.05) is 23.0 Å². The number of ether oxygens (including phenoxy) is 1. The monoisotopic (exact) mass is 356 g/mol. The largest absolute Gasteiger partial charge is 0.494 e. The Balaban J connectivity index is 1.60. The van der Waals surface area contributed by atoms with Crippen molar-refractivity contribution in [2.45, 2.75) is 24.7 Å². The van der Waals surface area contributed by atoms with Crippen LogP contribution in [0.1, 0.15) is 18.9 Å². The molecule has 130 valence electrons. The van der Waals surface area contributed by atoms with Crippen LogP contribution >= 0.6 is 11.8 Å². The summed E-state index contributed by atoms with van der Waals surface area (Å²) in [5.41, 5.74) is 2.46. The molecule has 0 atom stereocenters. The van der Waals surface area contributed by atoms with E-state index in [9.17, 15) is 9.59 Å². The van der Waals surface area contributed by atoms with E-state index in [-0.39, 0.29) is 11.8 Å². The predicted octanol–water partition coefficient (Wildman–Crippen LogP) is 3.70. The summed E-state index contributed by atoms with van der Waals surface area (Å²) in [5.74, 6) is 1.17. The van der Waals surface area contributed by atoms with Crippen LogP contribution in [-0.2, 0) is 16.0 Å². The molecule has 0 bridgehead atoms. The highest BCUT2D eigenvalue weighted by molar-refractivity contribution is 8.00. The molecule has 0 aliphatic carbocycles. The van der Waals surface area contributed by atoms with Crippen LogP contribution in [-0.4, -0.2) is 24.2 Å². The van der Waals surface area contributed by atoms with Gasteiger partial charge in [0.2, 0.25) is 11.8 Å². The molecule has 1 aliphatic heterocycles. The number of benzene rings is 2. The van der Waals surface area contributed by atoms with E-state index >= 15 is 0 Å². The van der Waals surface area contributed by atoms with Crippen LogP contribution in [0.5, 0.6) is 5.75 Å². The Morgan fingerprint density at radius 3 is 2.96 bits per heavy atom. The minimum Gasteiger partial charge on any atom is -0.494 e. The molecule has 25 heavy (non-hydrogen) atoms. The highest BCUT2D eigenvalue weighted by Crippen LogP contribution is 2.33. The van der Waals surface area contributed by atoms with E-state index in [4.69, 9.17) is 4.74 Å². The summed E-state index contributed by atoms with van der Waals surface area (Å²) >= 11 is 1.50. The SMILES string of the molecule is CCOc1ccccc1CCC(=O)Nc1ccc2c(c1)NC(=O)CS2. The van der Waals surface area contributed by atoms with Crippen molar-refractivity contribution in [3.8, 4) is 5.75 Å². The third-order valence-electron chi connectivity index (χ3n) is 3.79. The van der Waals surface area contributed by atoms with Gasteiger partial charge in [0.1, 0.15) is 5.75 Å². The lowest BCUT2D eigenvalue weighted by Crippen LogP contribution is -2.19. The number of rotatable bonds is 6. The number of hydrogen-bond donors (Lipinski definition) is 2. The molecule has 2 aromatic rings. The first-order valence-corrected chi connectivity index (χ1v) is 9.21. The molecule has 0 radical (unpaired) electrons. The van der Waals surface area contributed by atoms with Gasteiger partial charge in [0.05, 0.1) is 18.0 Å². The zero-order valence-electron chi connectivity index (χ0n) is 14.0. The smallest absolute Gasteiger partial charge is 0.234 e. The number of hydrogen-bond acceptors (Lipinski definition) is 4. The summed E-state index contributed by atoms with van der Waals surface area (Å²) in [4.78, 5) is 24.7. The summed E-state index contributed by atoms with van der Waals surface area (Å²) in [6.07, 6.45) is 0.974. The fourth-order valence-corrected chi connectivity index (χ4v) is 3.43. The third kappa shape index (κ3) is 4.54. The molecule has 0 fully saturated rings. The van der Waals surface area contributed by atoms with Crippen molar-refractivity contribution in [1.29, 1.82) is 0 Å². The molecular formula is C19H20N2O3S. The minimum atomic E-state index is -0.0685. The Morgan fingerprint density at radius 1 is 1.28 bits per heavy atom. The highest BCUT2D eigenvalue weighted by atomic mass is 32.2. The molecule has 0 unspecified atom stereocenters. The van der Waals surface area contributed by atoms with E-state index in [0.717, 1.165) is 21.9 Å². The highest BCUT2D eigenvalue weighted by Gasteiger charge is 2.16. The van der Waals surface area contributed by atoms with Gasteiger partial charge in [0, 0.05) is 17.0 Å². The van der Waals surface area contributed by atoms with Crippen LogP contribution in [0.4, 0.5) is 11.4 Å². The van der Waals surface area contributed by atoms with Crippen LogP contribution in [0.15, 0.2) is 47.4 Å². The number of fused-ring (bicyclic) bond motifs is 1. The molecule has 6 heteroatoms. The lowest BCUT2D eigenvalue weighted by atomic mass is 10.1. The first kappa shape index (κ1) is 17.4. The molecule has 0 saturated heterocycles. The number of carbonyl (C=O) groups is 2. The zero-order chi connectivity index (χ0) is 17.6. The van der Waals surface area contributed by atoms with E-state index < -0.39 is 0 Å². The molecule has 2 aromatic carbocycles. The summed E-state index contributed by atoms with van der Waals surface area (Å²) < 4.78 is 5.59. The predicted molar refractivity (Wildman–Crippen MR) is 100 cm³/mol. The Bertz CT molecular complexity index is 792. The average molecular weight is 356 g/mol. The quantitative estimate of drug-likeness (QED) is 0.828. The fraction of sp³-hybridized carbons (Fsp3) is 0.263. The van der Waals surface area contributed by atoms with E-state index in [2.05, 4.69) is 10.6 Å². The number of aryl methyl sites for hydroxylation is 1. The third-order valence-corrected chi connectivity index (χ3v) is 4.86. The number of anilines is 2. The molecule has 3 rings (SSSR count). The van der Waals surface area contributed by atoms with Crippen molar-refractivity contribution in [1.82, 2.24) is 0 Å². The van der Waals surface area contributed by atoms with Crippen LogP contribution in [0.3, 0.4) is 0 Å². The number of para-hydroxylation sites is 1. The van der Waals surface area contributed by atoms with Crippen molar-refractivity contribution >= 4 is 35.0 Å². The molecule has 0 spiro atoms. The molecule has 5 nitrogen and oxygen atoms in total. The van der Waals surface area contributed by atoms with Crippen molar-refractivity contribution in [2.24, 2.45) is 0 Å². The van der Waals surface area contributed by atoms with Gasteiger partial charge in [-0.25, -0.2) is 0 Å². The number of carbonyl (C=O) groups excluding carboxylic acids is 2. The maximum absolute atomic E-state index is 12.2. The number of amides is 2. The van der Waals surface area contributed by atoms with Crippen LogP contribution < -0.4 is 15.4 Å². The van der Waals surface area contributed by atoms with Gasteiger partial charge in [-0.2, -0.15) is 0 Å². The second-order valence-corrected chi connectivity index (χ2v) is 6.65. The van der Waals surface area contributed by atoms with Gasteiger partial charge in [0.15, 0.2) is 0 Å². The second-order valence-electron chi connectivity index (χ2n) is 5.64. The standard InChI is InChI=1S/C19H20N2O3S/c1-2-24-16-6-4-3-5-13(16)7-10-18(22)20-14-8-9-17-15(11-14)21-19(23)12-25-17/h3-6,8-9,11H,2,7,10,12H2,1H3,(H,20,22)(H,21,23). The lowest BCUT2D eigenvalue weighted by Gasteiger charge is -2.17. The molecule has 1 heterocycles. The normalized spacial score (nSPS) is 12.9. The van der Waals surface area contributed by atoms with E-state index in [1.165, 1.54) is 11.8 Å². The van der Waals surface area contributed by atoms with Gasteiger partial charge in [-0.15, -0.1) is 11.8 Å². The van der Waals surface area contributed by atoms with Crippen LogP contribution in [0.2, 0.25) is 0 Å². The summed E-state index contributed by atoms with van der Waals surface area (Å²) in [6, 6.07) is 13.3. The van der Waals surface area contributed by atoms with Gasteiger partial charge in [-0.05, 0) is 43.2 Å². The first-order chi connectivity index (χ1) is 12.2. The van der Waals surface area contributed by atoms with Gasteiger partial charge < -0.3 is 15.4 Å². The van der Waals surface area contributed by atoms with E-state index in [1.807, 2.05) is 43.3 Å². The van der Waals surface area contributed by atoms with E-state index in [0.29, 0.717) is 30.9 Å². The van der Waals surface area contributed by atoms with Crippen molar-refractivity contribution in [3.05, 3.63) is 48.0 Å². The van der Waals surface area contributed by atoms with Gasteiger partial charge in [0.25, 0.3) is 0 Å². The summed E-state index contributed by atoms with van der Waals surface area (Å²) in [6.45, 7) is 2.54. The number of thioether (sulfide) groups is 1.